The van der Waals surface area contributed by atoms with Gasteiger partial charge in [-0.2, -0.15) is 5.10 Å². The van der Waals surface area contributed by atoms with Gasteiger partial charge in [0.05, 0.1) is 22.2 Å². The summed E-state index contributed by atoms with van der Waals surface area (Å²) in [6.07, 6.45) is 5.59. The van der Waals surface area contributed by atoms with Crippen molar-refractivity contribution in [3.63, 3.8) is 0 Å². The second kappa shape index (κ2) is 7.44. The van der Waals surface area contributed by atoms with Crippen LogP contribution in [0.2, 0.25) is 10.0 Å². The van der Waals surface area contributed by atoms with Crippen molar-refractivity contribution in [3.8, 4) is 0 Å². The third kappa shape index (κ3) is 3.64. The number of amides is 1. The molecule has 1 saturated heterocycles. The Morgan fingerprint density at radius 1 is 1.22 bits per heavy atom. The summed E-state index contributed by atoms with van der Waals surface area (Å²) in [5.74, 6) is 0.251. The van der Waals surface area contributed by atoms with Gasteiger partial charge < -0.3 is 4.90 Å². The minimum Gasteiger partial charge on any atom is -0.342 e. The van der Waals surface area contributed by atoms with Crippen LogP contribution in [-0.4, -0.2) is 43.6 Å². The fourth-order valence-electron chi connectivity index (χ4n) is 3.64. The number of aryl methyl sites for hydroxylation is 1. The summed E-state index contributed by atoms with van der Waals surface area (Å²) in [7, 11) is 1.87. The van der Waals surface area contributed by atoms with E-state index in [1.54, 1.807) is 29.2 Å². The Bertz CT molecular complexity index is 1000. The fraction of sp³-hybridized carbons (Fsp3) is 0.368. The van der Waals surface area contributed by atoms with Gasteiger partial charge in [-0.25, -0.2) is 14.6 Å². The number of hydrogen-bond acceptors (Lipinski definition) is 4. The van der Waals surface area contributed by atoms with E-state index in [0.717, 1.165) is 41.8 Å². The highest BCUT2D eigenvalue weighted by Crippen LogP contribution is 2.30. The Hall–Kier alpha value is -2.18. The highest BCUT2D eigenvalue weighted by molar-refractivity contribution is 6.42. The van der Waals surface area contributed by atoms with Gasteiger partial charge in [0, 0.05) is 38.4 Å². The van der Waals surface area contributed by atoms with E-state index in [0.29, 0.717) is 23.0 Å². The summed E-state index contributed by atoms with van der Waals surface area (Å²) >= 11 is 12.0. The summed E-state index contributed by atoms with van der Waals surface area (Å²) in [4.78, 5) is 23.5. The molecule has 1 aliphatic heterocycles. The molecule has 1 unspecified atom stereocenters. The second-order valence-electron chi connectivity index (χ2n) is 6.84. The molecular formula is C19H19Cl2N5O. The topological polar surface area (TPSA) is 63.9 Å². The molecular weight excluding hydrogens is 385 g/mol. The molecule has 8 heteroatoms. The number of carbonyl (C=O) groups is 1. The zero-order valence-electron chi connectivity index (χ0n) is 14.9. The lowest BCUT2D eigenvalue weighted by Gasteiger charge is -2.32. The van der Waals surface area contributed by atoms with Gasteiger partial charge in [0.2, 0.25) is 5.91 Å². The van der Waals surface area contributed by atoms with E-state index < -0.39 is 0 Å². The maximum atomic E-state index is 12.8. The number of aromatic nitrogens is 4. The predicted octanol–water partition coefficient (Wildman–Crippen LogP) is 3.62. The number of nitrogens with zero attached hydrogens (tertiary/aromatic N) is 5. The van der Waals surface area contributed by atoms with E-state index in [9.17, 15) is 4.79 Å². The van der Waals surface area contributed by atoms with Crippen LogP contribution in [0.3, 0.4) is 0 Å². The molecule has 0 N–H and O–H groups in total. The Balaban J connectivity index is 1.52. The van der Waals surface area contributed by atoms with E-state index in [2.05, 4.69) is 15.1 Å². The van der Waals surface area contributed by atoms with Gasteiger partial charge in [-0.05, 0) is 30.5 Å². The number of hydrogen-bond donors (Lipinski definition) is 0. The first kappa shape index (κ1) is 18.2. The Labute approximate surface area is 167 Å². The molecule has 0 bridgehead atoms. The van der Waals surface area contributed by atoms with Crippen LogP contribution in [0.4, 0.5) is 0 Å². The first-order valence-corrected chi connectivity index (χ1v) is 9.64. The van der Waals surface area contributed by atoms with Crippen LogP contribution in [-0.2, 0) is 18.3 Å². The zero-order chi connectivity index (χ0) is 19.0. The summed E-state index contributed by atoms with van der Waals surface area (Å²) in [5.41, 5.74) is 3.38. The molecule has 3 aromatic rings. The Kier molecular flexibility index (Phi) is 5.02. The SMILES string of the molecule is Cn1nc(C2CCCN(C(=O)Cc3ccc(Cl)c(Cl)c3)C2)c2nccnc21. The van der Waals surface area contributed by atoms with Gasteiger partial charge in [-0.1, -0.05) is 29.3 Å². The first-order valence-electron chi connectivity index (χ1n) is 8.88. The molecule has 2 aromatic heterocycles. The number of carbonyl (C=O) groups excluding carboxylic acids is 1. The number of rotatable bonds is 3. The number of piperidine rings is 1. The molecule has 1 atom stereocenters. The van der Waals surface area contributed by atoms with E-state index >= 15 is 0 Å². The number of fused-ring (bicyclic) bond motifs is 1. The van der Waals surface area contributed by atoms with E-state index in [1.165, 1.54) is 0 Å². The van der Waals surface area contributed by atoms with Crippen molar-refractivity contribution in [2.45, 2.75) is 25.2 Å². The Morgan fingerprint density at radius 2 is 2.04 bits per heavy atom. The number of benzene rings is 1. The van der Waals surface area contributed by atoms with Crippen molar-refractivity contribution in [2.24, 2.45) is 7.05 Å². The van der Waals surface area contributed by atoms with Crippen LogP contribution in [0.25, 0.3) is 11.2 Å². The molecule has 4 rings (SSSR count). The van der Waals surface area contributed by atoms with Crippen molar-refractivity contribution < 1.29 is 4.79 Å². The average Bonchev–Trinajstić information content (AvgIpc) is 3.02. The molecule has 0 radical (unpaired) electrons. The Morgan fingerprint density at radius 3 is 2.85 bits per heavy atom. The highest BCUT2D eigenvalue weighted by atomic mass is 35.5. The van der Waals surface area contributed by atoms with Crippen LogP contribution >= 0.6 is 23.2 Å². The lowest BCUT2D eigenvalue weighted by atomic mass is 9.94. The molecule has 0 saturated carbocycles. The van der Waals surface area contributed by atoms with E-state index in [1.807, 2.05) is 18.0 Å². The van der Waals surface area contributed by atoms with Crippen LogP contribution in [0.1, 0.15) is 30.0 Å². The van der Waals surface area contributed by atoms with E-state index in [-0.39, 0.29) is 11.8 Å². The maximum absolute atomic E-state index is 12.8. The van der Waals surface area contributed by atoms with Gasteiger partial charge in [0.15, 0.2) is 5.65 Å². The van der Waals surface area contributed by atoms with Gasteiger partial charge in [-0.3, -0.25) is 4.79 Å². The zero-order valence-corrected chi connectivity index (χ0v) is 16.4. The molecule has 140 valence electrons. The standard InChI is InChI=1S/C19H19Cl2N5O/c1-25-19-18(22-6-7-23-19)17(24-25)13-3-2-8-26(11-13)16(27)10-12-4-5-14(20)15(21)9-12/h4-7,9,13H,2-3,8,10-11H2,1H3. The van der Waals surface area contributed by atoms with Crippen molar-refractivity contribution in [1.82, 2.24) is 24.6 Å². The summed E-state index contributed by atoms with van der Waals surface area (Å²) < 4.78 is 1.76. The van der Waals surface area contributed by atoms with Crippen molar-refractivity contribution in [2.75, 3.05) is 13.1 Å². The lowest BCUT2D eigenvalue weighted by molar-refractivity contribution is -0.131. The minimum absolute atomic E-state index is 0.0874. The highest BCUT2D eigenvalue weighted by Gasteiger charge is 2.28. The number of halogens is 2. The molecule has 0 aliphatic carbocycles. The molecule has 1 aliphatic rings. The lowest BCUT2D eigenvalue weighted by Crippen LogP contribution is -2.40. The normalized spacial score (nSPS) is 17.4. The van der Waals surface area contributed by atoms with Crippen LogP contribution in [0, 0.1) is 0 Å². The quantitative estimate of drug-likeness (QED) is 0.669. The van der Waals surface area contributed by atoms with Crippen LogP contribution in [0.15, 0.2) is 30.6 Å². The van der Waals surface area contributed by atoms with Crippen LogP contribution < -0.4 is 0 Å². The molecule has 6 nitrogen and oxygen atoms in total. The van der Waals surface area contributed by atoms with Gasteiger partial charge in [0.1, 0.15) is 5.52 Å². The van der Waals surface area contributed by atoms with Gasteiger partial charge >= 0.3 is 0 Å². The van der Waals surface area contributed by atoms with Gasteiger partial charge in [-0.15, -0.1) is 0 Å². The summed E-state index contributed by atoms with van der Waals surface area (Å²) in [6, 6.07) is 5.32. The summed E-state index contributed by atoms with van der Waals surface area (Å²) in [6.45, 7) is 1.40. The second-order valence-corrected chi connectivity index (χ2v) is 7.66. The molecule has 0 spiro atoms. The molecule has 1 fully saturated rings. The van der Waals surface area contributed by atoms with Crippen molar-refractivity contribution >= 4 is 40.3 Å². The van der Waals surface area contributed by atoms with E-state index in [4.69, 9.17) is 23.2 Å². The fourth-order valence-corrected chi connectivity index (χ4v) is 3.96. The minimum atomic E-state index is 0.0874. The molecule has 27 heavy (non-hydrogen) atoms. The molecule has 1 aromatic carbocycles. The predicted molar refractivity (Wildman–Crippen MR) is 105 cm³/mol. The molecule has 1 amide bonds. The van der Waals surface area contributed by atoms with Crippen molar-refractivity contribution in [3.05, 3.63) is 51.9 Å². The monoisotopic (exact) mass is 403 g/mol. The summed E-state index contributed by atoms with van der Waals surface area (Å²) in [5, 5.41) is 5.60. The average molecular weight is 404 g/mol. The van der Waals surface area contributed by atoms with Crippen LogP contribution in [0.5, 0.6) is 0 Å². The third-order valence-electron chi connectivity index (χ3n) is 4.99. The van der Waals surface area contributed by atoms with Crippen molar-refractivity contribution in [1.29, 1.82) is 0 Å². The molecule has 3 heterocycles. The largest absolute Gasteiger partial charge is 0.342 e. The third-order valence-corrected chi connectivity index (χ3v) is 5.72. The van der Waals surface area contributed by atoms with Gasteiger partial charge in [0.25, 0.3) is 0 Å². The number of likely N-dealkylation sites (tertiary alicyclic amines) is 1. The maximum Gasteiger partial charge on any atom is 0.227 e. The first-order chi connectivity index (χ1) is 13.0. The smallest absolute Gasteiger partial charge is 0.227 e.